The Kier molecular flexibility index (Phi) is 5.51. The SMILES string of the molecule is CC1(C)c2ccc3c4c2N(c2cccc5c2B4c2c(ccc4c2N5c2ccc5ccccc5c2C4(C)C)N3c2ccc3ccccc3c2)c2ccc3ccccc3c21. The van der Waals surface area contributed by atoms with Gasteiger partial charge in [-0.25, -0.2) is 0 Å². The van der Waals surface area contributed by atoms with Crippen molar-refractivity contribution >= 4 is 107 Å². The minimum absolute atomic E-state index is 0.0703. The normalized spacial score (nSPS) is 16.4. The van der Waals surface area contributed by atoms with Crippen LogP contribution in [-0.2, 0) is 10.8 Å². The monoisotopic (exact) mass is 739 g/mol. The summed E-state index contributed by atoms with van der Waals surface area (Å²) in [5.74, 6) is 0. The number of benzene rings is 9. The van der Waals surface area contributed by atoms with Crippen molar-refractivity contribution in [3.63, 3.8) is 0 Å². The summed E-state index contributed by atoms with van der Waals surface area (Å²) in [5, 5.41) is 7.74. The second kappa shape index (κ2) is 10.2. The minimum atomic E-state index is -0.237. The molecule has 272 valence electrons. The van der Waals surface area contributed by atoms with E-state index >= 15 is 0 Å². The lowest BCUT2D eigenvalue weighted by atomic mass is 9.31. The Hall–Kier alpha value is -6.78. The van der Waals surface area contributed by atoms with Gasteiger partial charge in [-0.1, -0.05) is 137 Å². The van der Waals surface area contributed by atoms with Gasteiger partial charge in [0, 0.05) is 50.6 Å². The fraction of sp³-hybridized carbons (Fsp3) is 0.111. The van der Waals surface area contributed by atoms with Gasteiger partial charge in [0.2, 0.25) is 0 Å². The van der Waals surface area contributed by atoms with Crippen molar-refractivity contribution in [2.45, 2.75) is 38.5 Å². The molecule has 0 fully saturated rings. The van der Waals surface area contributed by atoms with Gasteiger partial charge in [-0.3, -0.25) is 0 Å². The zero-order chi connectivity index (χ0) is 38.4. The summed E-state index contributed by atoms with van der Waals surface area (Å²) >= 11 is 0. The van der Waals surface area contributed by atoms with Crippen LogP contribution >= 0.6 is 0 Å². The predicted molar refractivity (Wildman–Crippen MR) is 245 cm³/mol. The zero-order valence-corrected chi connectivity index (χ0v) is 32.9. The fourth-order valence-corrected chi connectivity index (χ4v) is 12.2. The molecule has 0 aromatic heterocycles. The van der Waals surface area contributed by atoms with Gasteiger partial charge in [0.05, 0.1) is 11.4 Å². The third-order valence-corrected chi connectivity index (χ3v) is 14.6. The Morgan fingerprint density at radius 2 is 0.810 bits per heavy atom. The fourth-order valence-electron chi connectivity index (χ4n) is 12.2. The number of anilines is 9. The number of hydrogen-bond donors (Lipinski definition) is 0. The maximum absolute atomic E-state index is 2.66. The van der Waals surface area contributed by atoms with E-state index in [-0.39, 0.29) is 17.5 Å². The molecule has 0 N–H and O–H groups in total. The molecule has 58 heavy (non-hydrogen) atoms. The van der Waals surface area contributed by atoms with E-state index in [0.29, 0.717) is 0 Å². The predicted octanol–water partition coefficient (Wildman–Crippen LogP) is 12.3. The van der Waals surface area contributed by atoms with Crippen LogP contribution in [0.2, 0.25) is 0 Å². The van der Waals surface area contributed by atoms with E-state index in [1.807, 2.05) is 0 Å². The van der Waals surface area contributed by atoms with Crippen LogP contribution in [0, 0.1) is 0 Å². The molecule has 5 aliphatic rings. The molecule has 0 atom stereocenters. The molecular weight excluding hydrogens is 701 g/mol. The molecule has 9 aromatic rings. The molecule has 9 aromatic carbocycles. The highest BCUT2D eigenvalue weighted by atomic mass is 15.2. The number of rotatable bonds is 1. The maximum atomic E-state index is 2.66. The summed E-state index contributed by atoms with van der Waals surface area (Å²) in [6.07, 6.45) is 0. The van der Waals surface area contributed by atoms with E-state index in [0.717, 1.165) is 0 Å². The first-order chi connectivity index (χ1) is 28.3. The molecule has 0 aliphatic carbocycles. The topological polar surface area (TPSA) is 9.72 Å². The molecule has 4 heteroatoms. The van der Waals surface area contributed by atoms with Crippen molar-refractivity contribution in [3.8, 4) is 0 Å². The van der Waals surface area contributed by atoms with Crippen LogP contribution in [0.3, 0.4) is 0 Å². The van der Waals surface area contributed by atoms with Crippen LogP contribution in [0.25, 0.3) is 32.3 Å². The van der Waals surface area contributed by atoms with Crippen molar-refractivity contribution in [1.82, 2.24) is 0 Å². The first-order valence-corrected chi connectivity index (χ1v) is 20.7. The van der Waals surface area contributed by atoms with Crippen LogP contribution < -0.4 is 31.1 Å². The van der Waals surface area contributed by atoms with Crippen LogP contribution in [0.4, 0.5) is 51.2 Å². The third-order valence-electron chi connectivity index (χ3n) is 14.6. The molecule has 0 spiro atoms. The Labute approximate surface area is 338 Å². The molecule has 0 amide bonds. The average Bonchev–Trinajstić information content (AvgIpc) is 3.25. The molecule has 0 unspecified atom stereocenters. The molecule has 5 aliphatic heterocycles. The van der Waals surface area contributed by atoms with E-state index in [1.165, 1.54) is 122 Å². The van der Waals surface area contributed by atoms with Gasteiger partial charge in [-0.2, -0.15) is 0 Å². The Morgan fingerprint density at radius 1 is 0.362 bits per heavy atom. The lowest BCUT2D eigenvalue weighted by Gasteiger charge is -2.55. The van der Waals surface area contributed by atoms with Crippen molar-refractivity contribution < 1.29 is 0 Å². The highest BCUT2D eigenvalue weighted by Crippen LogP contribution is 2.61. The Bertz CT molecular complexity index is 3210. The van der Waals surface area contributed by atoms with Gasteiger partial charge < -0.3 is 14.7 Å². The molecule has 3 nitrogen and oxygen atoms in total. The van der Waals surface area contributed by atoms with Crippen molar-refractivity contribution in [2.24, 2.45) is 0 Å². The Morgan fingerprint density at radius 3 is 1.36 bits per heavy atom. The molecule has 0 bridgehead atoms. The molecule has 5 heterocycles. The summed E-state index contributed by atoms with van der Waals surface area (Å²) in [6, 6.07) is 60.1. The lowest BCUT2D eigenvalue weighted by Crippen LogP contribution is -2.66. The minimum Gasteiger partial charge on any atom is -0.311 e. The second-order valence-electron chi connectivity index (χ2n) is 18.1. The molecule has 0 saturated carbocycles. The first-order valence-electron chi connectivity index (χ1n) is 20.7. The second-order valence-corrected chi connectivity index (χ2v) is 18.1. The number of hydrogen-bond acceptors (Lipinski definition) is 3. The van der Waals surface area contributed by atoms with Gasteiger partial charge in [-0.05, 0) is 119 Å². The Balaban J connectivity index is 1.16. The van der Waals surface area contributed by atoms with Crippen molar-refractivity contribution in [2.75, 3.05) is 14.7 Å². The van der Waals surface area contributed by atoms with Crippen molar-refractivity contribution in [1.29, 1.82) is 0 Å². The van der Waals surface area contributed by atoms with Gasteiger partial charge in [-0.15, -0.1) is 0 Å². The highest BCUT2D eigenvalue weighted by Gasteiger charge is 2.55. The van der Waals surface area contributed by atoms with Gasteiger partial charge in [0.25, 0.3) is 6.71 Å². The first kappa shape index (κ1) is 31.3. The molecule has 0 radical (unpaired) electrons. The van der Waals surface area contributed by atoms with Crippen LogP contribution in [0.5, 0.6) is 0 Å². The quantitative estimate of drug-likeness (QED) is 0.155. The van der Waals surface area contributed by atoms with E-state index in [4.69, 9.17) is 0 Å². The van der Waals surface area contributed by atoms with E-state index in [2.05, 4.69) is 200 Å². The number of fused-ring (bicyclic) bond motifs is 11. The van der Waals surface area contributed by atoms with Gasteiger partial charge >= 0.3 is 0 Å². The largest absolute Gasteiger partial charge is 0.311 e. The summed E-state index contributed by atoms with van der Waals surface area (Å²) in [7, 11) is 0. The molecule has 0 saturated heterocycles. The van der Waals surface area contributed by atoms with Crippen LogP contribution in [0.15, 0.2) is 158 Å². The highest BCUT2D eigenvalue weighted by molar-refractivity contribution is 7.02. The van der Waals surface area contributed by atoms with E-state index in [1.54, 1.807) is 0 Å². The maximum Gasteiger partial charge on any atom is 0.257 e. The van der Waals surface area contributed by atoms with Gasteiger partial charge in [0.15, 0.2) is 0 Å². The van der Waals surface area contributed by atoms with Crippen LogP contribution in [0.1, 0.15) is 49.9 Å². The van der Waals surface area contributed by atoms with Gasteiger partial charge in [0.1, 0.15) is 0 Å². The summed E-state index contributed by atoms with van der Waals surface area (Å²) in [5.41, 5.74) is 20.9. The standard InChI is InChI=1S/C54H38BN3/c1-53(2)38-24-28-44-49-51(38)57(40-26-21-32-13-7-9-16-36(32)46(40)53)42-18-11-19-43-48(42)55(49)50-45(56(44)35-23-20-31-12-5-6-15-34(31)30-35)29-25-39-52(50)58(43)41-27-22-33-14-8-10-17-37(33)47(41)54(39,3)4/h5-30H,1-4H3. The molecular formula is C54H38BN3. The smallest absolute Gasteiger partial charge is 0.257 e. The summed E-state index contributed by atoms with van der Waals surface area (Å²) in [4.78, 5) is 7.91. The summed E-state index contributed by atoms with van der Waals surface area (Å²) in [6.45, 7) is 9.87. The molecule has 14 rings (SSSR count). The average molecular weight is 740 g/mol. The van der Waals surface area contributed by atoms with E-state index < -0.39 is 0 Å². The van der Waals surface area contributed by atoms with Crippen molar-refractivity contribution in [3.05, 3.63) is 180 Å². The lowest BCUT2D eigenvalue weighted by molar-refractivity contribution is 0.638. The van der Waals surface area contributed by atoms with Crippen LogP contribution in [-0.4, -0.2) is 6.71 Å². The van der Waals surface area contributed by atoms with E-state index in [9.17, 15) is 0 Å². The number of nitrogens with zero attached hydrogens (tertiary/aromatic N) is 3. The summed E-state index contributed by atoms with van der Waals surface area (Å²) < 4.78 is 0. The zero-order valence-electron chi connectivity index (χ0n) is 32.9. The third kappa shape index (κ3) is 3.49.